The van der Waals surface area contributed by atoms with Crippen molar-refractivity contribution in [1.82, 2.24) is 15.1 Å². The zero-order valence-corrected chi connectivity index (χ0v) is 15.4. The number of nitrogens with zero attached hydrogens (tertiary/aromatic N) is 2. The molecule has 3 rings (SSSR count). The predicted molar refractivity (Wildman–Crippen MR) is 102 cm³/mol. The first-order valence-electron chi connectivity index (χ1n) is 9.06. The van der Waals surface area contributed by atoms with Gasteiger partial charge < -0.3 is 10.2 Å². The van der Waals surface area contributed by atoms with Crippen LogP contribution in [0.4, 0.5) is 4.39 Å². The van der Waals surface area contributed by atoms with E-state index in [1.165, 1.54) is 12.1 Å². The highest BCUT2D eigenvalue weighted by Crippen LogP contribution is 2.22. The lowest BCUT2D eigenvalue weighted by molar-refractivity contribution is 0.0886. The second kappa shape index (κ2) is 8.43. The van der Waals surface area contributed by atoms with Gasteiger partial charge in [-0.2, -0.15) is 0 Å². The van der Waals surface area contributed by atoms with E-state index in [-0.39, 0.29) is 17.8 Å². The van der Waals surface area contributed by atoms with E-state index in [0.717, 1.165) is 37.3 Å². The van der Waals surface area contributed by atoms with Crippen LogP contribution in [0.3, 0.4) is 0 Å². The fourth-order valence-electron chi connectivity index (χ4n) is 3.35. The Bertz CT molecular complexity index is 739. The third-order valence-electron chi connectivity index (χ3n) is 4.97. The number of benzene rings is 2. The van der Waals surface area contributed by atoms with Crippen LogP contribution in [0.25, 0.3) is 0 Å². The number of carbonyl (C=O) groups excluding carboxylic acids is 1. The summed E-state index contributed by atoms with van der Waals surface area (Å²) < 4.78 is 13.3. The van der Waals surface area contributed by atoms with Gasteiger partial charge in [-0.1, -0.05) is 29.8 Å². The van der Waals surface area contributed by atoms with E-state index in [9.17, 15) is 9.18 Å². The van der Waals surface area contributed by atoms with Crippen LogP contribution in [0, 0.1) is 12.7 Å². The van der Waals surface area contributed by atoms with Crippen molar-refractivity contribution in [2.24, 2.45) is 0 Å². The van der Waals surface area contributed by atoms with Gasteiger partial charge in [0.25, 0.3) is 5.91 Å². The Morgan fingerprint density at radius 3 is 2.46 bits per heavy atom. The maximum atomic E-state index is 13.3. The summed E-state index contributed by atoms with van der Waals surface area (Å²) in [5.74, 6) is -0.315. The van der Waals surface area contributed by atoms with Crippen LogP contribution in [0.2, 0.25) is 0 Å². The molecule has 1 unspecified atom stereocenters. The van der Waals surface area contributed by atoms with Gasteiger partial charge in [-0.05, 0) is 43.8 Å². The van der Waals surface area contributed by atoms with Crippen LogP contribution >= 0.6 is 0 Å². The molecule has 1 atom stereocenters. The molecular weight excluding hydrogens is 329 g/mol. The maximum Gasteiger partial charge on any atom is 0.251 e. The van der Waals surface area contributed by atoms with E-state index in [0.29, 0.717) is 12.1 Å². The largest absolute Gasteiger partial charge is 0.350 e. The topological polar surface area (TPSA) is 35.6 Å². The number of hydrogen-bond acceptors (Lipinski definition) is 3. The van der Waals surface area contributed by atoms with Gasteiger partial charge >= 0.3 is 0 Å². The Kier molecular flexibility index (Phi) is 6.01. The summed E-state index contributed by atoms with van der Waals surface area (Å²) >= 11 is 0. The second-order valence-electron chi connectivity index (χ2n) is 6.99. The van der Waals surface area contributed by atoms with E-state index in [4.69, 9.17) is 0 Å². The third-order valence-corrected chi connectivity index (χ3v) is 4.97. The van der Waals surface area contributed by atoms with Crippen LogP contribution in [0.5, 0.6) is 0 Å². The van der Waals surface area contributed by atoms with Crippen molar-refractivity contribution in [2.75, 3.05) is 39.8 Å². The zero-order chi connectivity index (χ0) is 18.5. The predicted octanol–water partition coefficient (Wildman–Crippen LogP) is 2.85. The minimum atomic E-state index is -0.241. The van der Waals surface area contributed by atoms with E-state index in [1.54, 1.807) is 0 Å². The van der Waals surface area contributed by atoms with E-state index in [2.05, 4.69) is 22.2 Å². The Balaban J connectivity index is 1.73. The monoisotopic (exact) mass is 355 g/mol. The molecule has 1 aliphatic heterocycles. The molecule has 0 radical (unpaired) electrons. The first-order valence-corrected chi connectivity index (χ1v) is 9.06. The van der Waals surface area contributed by atoms with E-state index in [1.807, 2.05) is 43.3 Å². The van der Waals surface area contributed by atoms with Gasteiger partial charge in [0, 0.05) is 38.3 Å². The molecule has 2 aromatic carbocycles. The van der Waals surface area contributed by atoms with Crippen molar-refractivity contribution in [3.05, 3.63) is 71.0 Å². The second-order valence-corrected chi connectivity index (χ2v) is 6.99. The average Bonchev–Trinajstić information content (AvgIpc) is 2.64. The first-order chi connectivity index (χ1) is 12.5. The standard InChI is InChI=1S/C21H26FN3O/c1-16-4-3-5-18(14-16)21(26)23-15-20(17-6-8-19(22)9-7-17)25-12-10-24(2)11-13-25/h3-9,14,20H,10-13,15H2,1-2H3,(H,23,26). The van der Waals surface area contributed by atoms with E-state index >= 15 is 0 Å². The Morgan fingerprint density at radius 2 is 1.81 bits per heavy atom. The lowest BCUT2D eigenvalue weighted by Gasteiger charge is -2.38. The molecule has 1 fully saturated rings. The summed E-state index contributed by atoms with van der Waals surface area (Å²) in [6, 6.07) is 14.2. The van der Waals surface area contributed by atoms with Crippen molar-refractivity contribution in [3.8, 4) is 0 Å². The number of hydrogen-bond donors (Lipinski definition) is 1. The lowest BCUT2D eigenvalue weighted by atomic mass is 10.0. The van der Waals surface area contributed by atoms with Gasteiger partial charge in [-0.15, -0.1) is 0 Å². The average molecular weight is 355 g/mol. The van der Waals surface area contributed by atoms with Crippen molar-refractivity contribution in [2.45, 2.75) is 13.0 Å². The molecule has 0 saturated carbocycles. The van der Waals surface area contributed by atoms with E-state index < -0.39 is 0 Å². The summed E-state index contributed by atoms with van der Waals surface area (Å²) in [6.07, 6.45) is 0. The minimum absolute atomic E-state index is 0.0399. The Hall–Kier alpha value is -2.24. The number of nitrogens with one attached hydrogen (secondary N) is 1. The summed E-state index contributed by atoms with van der Waals surface area (Å²) in [4.78, 5) is 17.2. The smallest absolute Gasteiger partial charge is 0.251 e. The molecule has 5 heteroatoms. The fraction of sp³-hybridized carbons (Fsp3) is 0.381. The molecule has 1 amide bonds. The van der Waals surface area contributed by atoms with Crippen LogP contribution in [-0.4, -0.2) is 55.5 Å². The normalized spacial score (nSPS) is 17.0. The SMILES string of the molecule is Cc1cccc(C(=O)NCC(c2ccc(F)cc2)N2CCN(C)CC2)c1. The summed E-state index contributed by atoms with van der Waals surface area (Å²) in [5, 5.41) is 3.06. The van der Waals surface area contributed by atoms with Crippen molar-refractivity contribution < 1.29 is 9.18 Å². The molecule has 1 N–H and O–H groups in total. The first kappa shape index (κ1) is 18.5. The molecule has 2 aromatic rings. The molecule has 1 heterocycles. The molecule has 0 bridgehead atoms. The Labute approximate surface area is 154 Å². The zero-order valence-electron chi connectivity index (χ0n) is 15.4. The maximum absolute atomic E-state index is 13.3. The summed E-state index contributed by atoms with van der Waals surface area (Å²) in [6.45, 7) is 6.31. The number of halogens is 1. The molecule has 0 spiro atoms. The van der Waals surface area contributed by atoms with Gasteiger partial charge in [-0.25, -0.2) is 4.39 Å². The molecule has 4 nitrogen and oxygen atoms in total. The number of likely N-dealkylation sites (N-methyl/N-ethyl adjacent to an activating group) is 1. The number of carbonyl (C=O) groups is 1. The van der Waals surface area contributed by atoms with Crippen molar-refractivity contribution in [3.63, 3.8) is 0 Å². The van der Waals surface area contributed by atoms with Crippen LogP contribution in [-0.2, 0) is 0 Å². The van der Waals surface area contributed by atoms with Crippen LogP contribution < -0.4 is 5.32 Å². The third kappa shape index (κ3) is 4.68. The number of piperazine rings is 1. The molecule has 0 aromatic heterocycles. The number of rotatable bonds is 5. The molecular formula is C21H26FN3O. The van der Waals surface area contributed by atoms with Gasteiger partial charge in [0.2, 0.25) is 0 Å². The molecule has 138 valence electrons. The number of amides is 1. The molecule has 1 saturated heterocycles. The van der Waals surface area contributed by atoms with Gasteiger partial charge in [-0.3, -0.25) is 9.69 Å². The highest BCUT2D eigenvalue weighted by molar-refractivity contribution is 5.94. The van der Waals surface area contributed by atoms with Crippen molar-refractivity contribution in [1.29, 1.82) is 0 Å². The van der Waals surface area contributed by atoms with Gasteiger partial charge in [0.1, 0.15) is 5.82 Å². The summed E-state index contributed by atoms with van der Waals surface area (Å²) in [5.41, 5.74) is 2.76. The molecule has 26 heavy (non-hydrogen) atoms. The van der Waals surface area contributed by atoms with Gasteiger partial charge in [0.15, 0.2) is 0 Å². The summed E-state index contributed by atoms with van der Waals surface area (Å²) in [7, 11) is 2.11. The highest BCUT2D eigenvalue weighted by Gasteiger charge is 2.24. The highest BCUT2D eigenvalue weighted by atomic mass is 19.1. The van der Waals surface area contributed by atoms with Crippen LogP contribution in [0.15, 0.2) is 48.5 Å². The quantitative estimate of drug-likeness (QED) is 0.896. The lowest BCUT2D eigenvalue weighted by Crippen LogP contribution is -2.48. The van der Waals surface area contributed by atoms with Crippen molar-refractivity contribution >= 4 is 5.91 Å². The van der Waals surface area contributed by atoms with Gasteiger partial charge in [0.05, 0.1) is 6.04 Å². The minimum Gasteiger partial charge on any atom is -0.350 e. The number of aryl methyl sites for hydroxylation is 1. The molecule has 0 aliphatic carbocycles. The fourth-order valence-corrected chi connectivity index (χ4v) is 3.35. The Morgan fingerprint density at radius 1 is 1.12 bits per heavy atom. The molecule has 1 aliphatic rings. The van der Waals surface area contributed by atoms with Crippen LogP contribution in [0.1, 0.15) is 27.5 Å².